The Hall–Kier alpha value is -0.910. The number of aliphatic hydroxyl groups excluding tert-OH is 2. The zero-order valence-electron chi connectivity index (χ0n) is 13.6. The van der Waals surface area contributed by atoms with Crippen molar-refractivity contribution in [2.75, 3.05) is 6.61 Å². The lowest BCUT2D eigenvalue weighted by molar-refractivity contribution is 0.0863. The van der Waals surface area contributed by atoms with Crippen LogP contribution in [-0.4, -0.2) is 28.9 Å². The van der Waals surface area contributed by atoms with Crippen LogP contribution in [0, 0.1) is 6.92 Å². The van der Waals surface area contributed by atoms with Gasteiger partial charge in [0, 0.05) is 10.9 Å². The zero-order valence-corrected chi connectivity index (χ0v) is 15.2. The van der Waals surface area contributed by atoms with E-state index in [9.17, 15) is 10.2 Å². The highest BCUT2D eigenvalue weighted by Crippen LogP contribution is 2.24. The van der Waals surface area contributed by atoms with E-state index in [1.54, 1.807) is 0 Å². The molecule has 0 aliphatic rings. The maximum atomic E-state index is 10.4. The number of aryl methyl sites for hydroxylation is 2. The van der Waals surface area contributed by atoms with Gasteiger partial charge in [0.25, 0.3) is 0 Å². The number of hydrogen-bond donors (Lipinski definition) is 3. The summed E-state index contributed by atoms with van der Waals surface area (Å²) in [5, 5.41) is 25.4. The summed E-state index contributed by atoms with van der Waals surface area (Å²) in [5.41, 5.74) is 2.46. The van der Waals surface area contributed by atoms with Gasteiger partial charge in [-0.25, -0.2) is 0 Å². The summed E-state index contributed by atoms with van der Waals surface area (Å²) >= 11 is 1.54. The number of thiophene rings is 1. The van der Waals surface area contributed by atoms with Gasteiger partial charge in [-0.05, 0) is 49.3 Å². The van der Waals surface area contributed by atoms with Gasteiger partial charge in [0.1, 0.15) is 6.10 Å². The van der Waals surface area contributed by atoms with Crippen LogP contribution in [0.2, 0.25) is 0 Å². The molecule has 23 heavy (non-hydrogen) atoms. The monoisotopic (exact) mass is 355 g/mol. The molecule has 1 unspecified atom stereocenters. The van der Waals surface area contributed by atoms with Gasteiger partial charge in [0.15, 0.2) is 0 Å². The summed E-state index contributed by atoms with van der Waals surface area (Å²) in [6.07, 6.45) is 1.29. The zero-order chi connectivity index (χ0) is 15.9. The molecule has 0 saturated heterocycles. The Kier molecular flexibility index (Phi) is 8.81. The van der Waals surface area contributed by atoms with E-state index >= 15 is 0 Å². The highest BCUT2D eigenvalue weighted by molar-refractivity contribution is 7.10. The maximum Gasteiger partial charge on any atom is 0.106 e. The van der Waals surface area contributed by atoms with Crippen molar-refractivity contribution in [2.24, 2.45) is 0 Å². The Morgan fingerprint density at radius 1 is 1.22 bits per heavy atom. The normalized spacial score (nSPS) is 14.8. The highest BCUT2D eigenvalue weighted by atomic mass is 35.5. The maximum absolute atomic E-state index is 10.4. The predicted molar refractivity (Wildman–Crippen MR) is 99.5 cm³/mol. The van der Waals surface area contributed by atoms with Crippen LogP contribution >= 0.6 is 23.7 Å². The topological polar surface area (TPSA) is 52.5 Å². The molecule has 2 rings (SSSR count). The SMILES string of the molecule is Cc1csc([C@@H](O)[C@H](CO)NC(C)CCc2ccccc2)c1.Cl. The van der Waals surface area contributed by atoms with Crippen LogP contribution < -0.4 is 5.32 Å². The van der Waals surface area contributed by atoms with Gasteiger partial charge in [-0.2, -0.15) is 0 Å². The van der Waals surface area contributed by atoms with Crippen LogP contribution in [-0.2, 0) is 6.42 Å². The molecular weight excluding hydrogens is 330 g/mol. The van der Waals surface area contributed by atoms with E-state index in [0.29, 0.717) is 0 Å². The average molecular weight is 356 g/mol. The van der Waals surface area contributed by atoms with Crippen molar-refractivity contribution in [1.82, 2.24) is 5.32 Å². The quantitative estimate of drug-likeness (QED) is 0.679. The van der Waals surface area contributed by atoms with Crippen molar-refractivity contribution in [3.63, 3.8) is 0 Å². The number of aliphatic hydroxyl groups is 2. The van der Waals surface area contributed by atoms with Crippen LogP contribution in [0.15, 0.2) is 41.8 Å². The fourth-order valence-corrected chi connectivity index (χ4v) is 3.47. The first-order valence-electron chi connectivity index (χ1n) is 7.74. The van der Waals surface area contributed by atoms with Crippen LogP contribution in [0.4, 0.5) is 0 Å². The summed E-state index contributed by atoms with van der Waals surface area (Å²) in [6.45, 7) is 4.03. The smallest absolute Gasteiger partial charge is 0.106 e. The number of rotatable bonds is 8. The minimum absolute atomic E-state index is 0. The minimum atomic E-state index is -0.664. The lowest BCUT2D eigenvalue weighted by Gasteiger charge is -2.25. The van der Waals surface area contributed by atoms with Gasteiger partial charge in [-0.1, -0.05) is 30.3 Å². The van der Waals surface area contributed by atoms with Crippen LogP contribution in [0.3, 0.4) is 0 Å². The van der Waals surface area contributed by atoms with Gasteiger partial charge >= 0.3 is 0 Å². The standard InChI is InChI=1S/C18H25NO2S.ClH/c1-13-10-17(22-12-13)18(21)16(11-20)19-14(2)8-9-15-6-4-3-5-7-15;/h3-7,10,12,14,16,18-21H,8-9,11H2,1-2H3;1H/t14?,16-,18-;/m0./s1. The molecule has 0 aliphatic heterocycles. The van der Waals surface area contributed by atoms with Crippen molar-refractivity contribution < 1.29 is 10.2 Å². The molecule has 3 N–H and O–H groups in total. The summed E-state index contributed by atoms with van der Waals surface area (Å²) in [5.74, 6) is 0. The number of hydrogen-bond acceptors (Lipinski definition) is 4. The Morgan fingerprint density at radius 2 is 1.91 bits per heavy atom. The molecule has 0 radical (unpaired) electrons. The van der Waals surface area contributed by atoms with Crippen molar-refractivity contribution >= 4 is 23.7 Å². The van der Waals surface area contributed by atoms with E-state index in [-0.39, 0.29) is 31.1 Å². The van der Waals surface area contributed by atoms with Crippen molar-refractivity contribution in [1.29, 1.82) is 0 Å². The van der Waals surface area contributed by atoms with Gasteiger partial charge in [-0.15, -0.1) is 23.7 Å². The predicted octanol–water partition coefficient (Wildman–Crippen LogP) is 3.48. The molecule has 1 aromatic carbocycles. The second-order valence-corrected chi connectivity index (χ2v) is 6.80. The van der Waals surface area contributed by atoms with Gasteiger partial charge in [-0.3, -0.25) is 0 Å². The number of halogens is 1. The summed E-state index contributed by atoms with van der Waals surface area (Å²) in [6, 6.07) is 12.2. The third-order valence-corrected chi connectivity index (χ3v) is 4.95. The van der Waals surface area contributed by atoms with Gasteiger partial charge < -0.3 is 15.5 Å². The molecular formula is C18H26ClNO2S. The average Bonchev–Trinajstić information content (AvgIpc) is 2.97. The van der Waals surface area contributed by atoms with E-state index in [0.717, 1.165) is 23.3 Å². The van der Waals surface area contributed by atoms with E-state index in [2.05, 4.69) is 24.4 Å². The first-order chi connectivity index (χ1) is 10.6. The summed E-state index contributed by atoms with van der Waals surface area (Å²) in [7, 11) is 0. The highest BCUT2D eigenvalue weighted by Gasteiger charge is 2.22. The van der Waals surface area contributed by atoms with Crippen molar-refractivity contribution in [3.8, 4) is 0 Å². The second-order valence-electron chi connectivity index (χ2n) is 5.85. The molecule has 3 atom stereocenters. The summed E-state index contributed by atoms with van der Waals surface area (Å²) in [4.78, 5) is 0.902. The third-order valence-electron chi connectivity index (χ3n) is 3.83. The van der Waals surface area contributed by atoms with E-state index in [1.807, 2.05) is 36.6 Å². The van der Waals surface area contributed by atoms with E-state index < -0.39 is 6.10 Å². The molecule has 1 heterocycles. The fourth-order valence-electron chi connectivity index (χ4n) is 2.53. The summed E-state index contributed by atoms with van der Waals surface area (Å²) < 4.78 is 0. The Balaban J connectivity index is 0.00000264. The van der Waals surface area contributed by atoms with E-state index in [1.165, 1.54) is 16.9 Å². The third kappa shape index (κ3) is 6.24. The van der Waals surface area contributed by atoms with Crippen LogP contribution in [0.5, 0.6) is 0 Å². The molecule has 2 aromatic rings. The van der Waals surface area contributed by atoms with Gasteiger partial charge in [0.2, 0.25) is 0 Å². The molecule has 5 heteroatoms. The lowest BCUT2D eigenvalue weighted by Crippen LogP contribution is -2.43. The Labute approximate surface area is 148 Å². The lowest BCUT2D eigenvalue weighted by atomic mass is 10.0. The Morgan fingerprint density at radius 3 is 2.48 bits per heavy atom. The van der Waals surface area contributed by atoms with Crippen molar-refractivity contribution in [3.05, 3.63) is 57.8 Å². The molecule has 0 aliphatic carbocycles. The molecule has 0 saturated carbocycles. The second kappa shape index (κ2) is 10.1. The molecule has 0 spiro atoms. The van der Waals surface area contributed by atoms with E-state index in [4.69, 9.17) is 0 Å². The molecule has 0 amide bonds. The molecule has 3 nitrogen and oxygen atoms in total. The fraction of sp³-hybridized carbons (Fsp3) is 0.444. The Bertz CT molecular complexity index is 561. The first kappa shape index (κ1) is 20.1. The first-order valence-corrected chi connectivity index (χ1v) is 8.62. The van der Waals surface area contributed by atoms with Crippen molar-refractivity contribution in [2.45, 2.75) is 44.9 Å². The molecule has 0 fully saturated rings. The number of nitrogens with one attached hydrogen (secondary N) is 1. The minimum Gasteiger partial charge on any atom is -0.395 e. The van der Waals surface area contributed by atoms with Crippen LogP contribution in [0.1, 0.15) is 35.5 Å². The molecule has 1 aromatic heterocycles. The van der Waals surface area contributed by atoms with Gasteiger partial charge in [0.05, 0.1) is 12.6 Å². The number of benzene rings is 1. The van der Waals surface area contributed by atoms with Crippen LogP contribution in [0.25, 0.3) is 0 Å². The molecule has 0 bridgehead atoms. The molecule has 128 valence electrons. The largest absolute Gasteiger partial charge is 0.395 e.